The normalized spacial score (nSPS) is 19.6. The van der Waals surface area contributed by atoms with Crippen molar-refractivity contribution in [2.45, 2.75) is 25.1 Å². The molecular weight excluding hydrogens is 287 g/mol. The number of aromatic nitrogens is 1. The molecule has 0 radical (unpaired) electrons. The van der Waals surface area contributed by atoms with Crippen molar-refractivity contribution in [3.63, 3.8) is 0 Å². The van der Waals surface area contributed by atoms with E-state index < -0.39 is 11.7 Å². The van der Waals surface area contributed by atoms with Crippen molar-refractivity contribution in [3.8, 4) is 0 Å². The van der Waals surface area contributed by atoms with Crippen molar-refractivity contribution in [1.82, 2.24) is 9.88 Å². The highest BCUT2D eigenvalue weighted by Crippen LogP contribution is 2.32. The van der Waals surface area contributed by atoms with Gasteiger partial charge in [-0.05, 0) is 18.6 Å². The van der Waals surface area contributed by atoms with Crippen LogP contribution in [0.5, 0.6) is 0 Å². The van der Waals surface area contributed by atoms with Crippen molar-refractivity contribution in [3.05, 3.63) is 17.7 Å². The number of nitrogens with zero attached hydrogens (tertiary/aromatic N) is 2. The molecule has 0 aliphatic carbocycles. The number of nitrogens with one attached hydrogen (secondary N) is 2. The summed E-state index contributed by atoms with van der Waals surface area (Å²) in [7, 11) is 1.66. The molecule has 0 saturated carbocycles. The van der Waals surface area contributed by atoms with E-state index in [4.69, 9.17) is 5.84 Å². The molecule has 1 aromatic rings. The quantitative estimate of drug-likeness (QED) is 0.581. The predicted molar refractivity (Wildman–Crippen MR) is 71.3 cm³/mol. The molecule has 1 aliphatic heterocycles. The van der Waals surface area contributed by atoms with Gasteiger partial charge in [-0.1, -0.05) is 0 Å². The highest BCUT2D eigenvalue weighted by atomic mass is 19.4. The van der Waals surface area contributed by atoms with Gasteiger partial charge in [0.1, 0.15) is 11.6 Å². The van der Waals surface area contributed by atoms with Gasteiger partial charge in [-0.3, -0.25) is 4.79 Å². The first-order valence-corrected chi connectivity index (χ1v) is 6.36. The molecule has 2 heterocycles. The summed E-state index contributed by atoms with van der Waals surface area (Å²) in [4.78, 5) is 16.9. The van der Waals surface area contributed by atoms with Crippen molar-refractivity contribution < 1.29 is 18.0 Å². The van der Waals surface area contributed by atoms with Gasteiger partial charge >= 0.3 is 6.18 Å². The summed E-state index contributed by atoms with van der Waals surface area (Å²) < 4.78 is 38.4. The van der Waals surface area contributed by atoms with Crippen LogP contribution in [0.4, 0.5) is 24.8 Å². The molecule has 1 amide bonds. The first-order chi connectivity index (χ1) is 9.79. The Labute approximate surface area is 119 Å². The monoisotopic (exact) mass is 303 g/mol. The highest BCUT2D eigenvalue weighted by Gasteiger charge is 2.32. The number of nitrogens with two attached hydrogens (primary N) is 1. The number of nitrogen functional groups attached to an aromatic ring is 1. The van der Waals surface area contributed by atoms with E-state index in [0.29, 0.717) is 19.4 Å². The van der Waals surface area contributed by atoms with Crippen LogP contribution >= 0.6 is 0 Å². The van der Waals surface area contributed by atoms with Crippen LogP contribution < -0.4 is 16.6 Å². The summed E-state index contributed by atoms with van der Waals surface area (Å²) in [5.74, 6) is 5.16. The second-order valence-electron chi connectivity index (χ2n) is 4.92. The minimum Gasteiger partial charge on any atom is -0.365 e. The number of hydrogen-bond acceptors (Lipinski definition) is 5. The van der Waals surface area contributed by atoms with E-state index in [1.165, 1.54) is 4.90 Å². The van der Waals surface area contributed by atoms with Gasteiger partial charge in [0, 0.05) is 26.1 Å². The minimum absolute atomic E-state index is 0.0226. The molecule has 116 valence electrons. The van der Waals surface area contributed by atoms with E-state index >= 15 is 0 Å². The maximum Gasteiger partial charge on any atom is 0.416 e. The largest absolute Gasteiger partial charge is 0.416 e. The third kappa shape index (κ3) is 3.75. The van der Waals surface area contributed by atoms with E-state index in [9.17, 15) is 18.0 Å². The zero-order valence-electron chi connectivity index (χ0n) is 11.4. The maximum absolute atomic E-state index is 12.8. The first-order valence-electron chi connectivity index (χ1n) is 6.36. The number of piperidine rings is 1. The minimum atomic E-state index is -4.48. The fourth-order valence-corrected chi connectivity index (χ4v) is 2.18. The molecule has 0 spiro atoms. The summed E-state index contributed by atoms with van der Waals surface area (Å²) in [6, 6.07) is 1.62. The number of halogens is 3. The molecule has 6 nitrogen and oxygen atoms in total. The lowest BCUT2D eigenvalue weighted by Crippen LogP contribution is -2.43. The summed E-state index contributed by atoms with van der Waals surface area (Å²) in [5, 5.41) is 2.92. The van der Waals surface area contributed by atoms with Gasteiger partial charge in [0.2, 0.25) is 5.91 Å². The van der Waals surface area contributed by atoms with Crippen LogP contribution in [0.25, 0.3) is 0 Å². The van der Waals surface area contributed by atoms with Gasteiger partial charge in [-0.25, -0.2) is 10.8 Å². The molecular formula is C12H16F3N5O. The third-order valence-corrected chi connectivity index (χ3v) is 3.28. The molecule has 1 saturated heterocycles. The van der Waals surface area contributed by atoms with Gasteiger partial charge in [-0.2, -0.15) is 13.2 Å². The molecule has 1 atom stereocenters. The molecule has 4 N–H and O–H groups in total. The topological polar surface area (TPSA) is 83.3 Å². The number of amides is 1. The van der Waals surface area contributed by atoms with Gasteiger partial charge in [-0.15, -0.1) is 0 Å². The summed E-state index contributed by atoms with van der Waals surface area (Å²) in [5.41, 5.74) is 1.28. The highest BCUT2D eigenvalue weighted by molar-refractivity contribution is 5.77. The number of pyridine rings is 1. The van der Waals surface area contributed by atoms with E-state index in [1.807, 2.05) is 0 Å². The summed E-state index contributed by atoms with van der Waals surface area (Å²) >= 11 is 0. The van der Waals surface area contributed by atoms with E-state index in [2.05, 4.69) is 15.7 Å². The zero-order chi connectivity index (χ0) is 15.6. The number of likely N-dealkylation sites (tertiary alicyclic amines) is 1. The molecule has 9 heteroatoms. The standard InChI is InChI=1S/C12H16F3N5O/c1-20-6-8(2-3-11(20)21)17-9-4-7(12(13,14)15)5-10(18-9)19-16/h4-5,8H,2-3,6,16H2,1H3,(H2,17,18,19). The Morgan fingerprint density at radius 3 is 2.62 bits per heavy atom. The van der Waals surface area contributed by atoms with Crippen LogP contribution in [-0.2, 0) is 11.0 Å². The average molecular weight is 303 g/mol. The SMILES string of the molecule is CN1CC(Nc2cc(C(F)(F)F)cc(NN)n2)CCC1=O. The zero-order valence-corrected chi connectivity index (χ0v) is 11.4. The second-order valence-corrected chi connectivity index (χ2v) is 4.92. The van der Waals surface area contributed by atoms with Gasteiger partial charge < -0.3 is 15.6 Å². The van der Waals surface area contributed by atoms with Gasteiger partial charge in [0.25, 0.3) is 0 Å². The molecule has 0 bridgehead atoms. The lowest BCUT2D eigenvalue weighted by Gasteiger charge is -2.30. The van der Waals surface area contributed by atoms with E-state index in [-0.39, 0.29) is 23.6 Å². The lowest BCUT2D eigenvalue weighted by atomic mass is 10.1. The number of anilines is 2. The van der Waals surface area contributed by atoms with Crippen molar-refractivity contribution in [1.29, 1.82) is 0 Å². The molecule has 1 unspecified atom stereocenters. The van der Waals surface area contributed by atoms with E-state index in [1.54, 1.807) is 7.05 Å². The van der Waals surface area contributed by atoms with Crippen LogP contribution in [0.2, 0.25) is 0 Å². The number of likely N-dealkylation sites (N-methyl/N-ethyl adjacent to an activating group) is 1. The molecule has 21 heavy (non-hydrogen) atoms. The fourth-order valence-electron chi connectivity index (χ4n) is 2.18. The molecule has 1 aromatic heterocycles. The summed E-state index contributed by atoms with van der Waals surface area (Å²) in [6.07, 6.45) is -3.58. The summed E-state index contributed by atoms with van der Waals surface area (Å²) in [6.45, 7) is 0.419. The molecule has 0 aromatic carbocycles. The molecule has 1 fully saturated rings. The van der Waals surface area contributed by atoms with E-state index in [0.717, 1.165) is 12.1 Å². The smallest absolute Gasteiger partial charge is 0.365 e. The second kappa shape index (κ2) is 5.76. The fraction of sp³-hybridized carbons (Fsp3) is 0.500. The van der Waals surface area contributed by atoms with Crippen LogP contribution in [0.1, 0.15) is 18.4 Å². The Morgan fingerprint density at radius 1 is 1.38 bits per heavy atom. The Kier molecular flexibility index (Phi) is 4.21. The number of carbonyl (C=O) groups excluding carboxylic acids is 1. The Balaban J connectivity index is 2.18. The van der Waals surface area contributed by atoms with Gasteiger partial charge in [0.15, 0.2) is 0 Å². The molecule has 2 rings (SSSR count). The third-order valence-electron chi connectivity index (χ3n) is 3.28. The average Bonchev–Trinajstić information content (AvgIpc) is 2.41. The first kappa shape index (κ1) is 15.4. The number of rotatable bonds is 3. The Hall–Kier alpha value is -2.03. The molecule has 1 aliphatic rings. The lowest BCUT2D eigenvalue weighted by molar-refractivity contribution is -0.137. The van der Waals surface area contributed by atoms with Crippen LogP contribution in [0.3, 0.4) is 0 Å². The number of carbonyl (C=O) groups is 1. The van der Waals surface area contributed by atoms with Crippen LogP contribution in [0.15, 0.2) is 12.1 Å². The van der Waals surface area contributed by atoms with Crippen molar-refractivity contribution >= 4 is 17.5 Å². The van der Waals surface area contributed by atoms with Crippen LogP contribution in [-0.4, -0.2) is 35.4 Å². The number of hydrogen-bond donors (Lipinski definition) is 3. The van der Waals surface area contributed by atoms with Gasteiger partial charge in [0.05, 0.1) is 5.56 Å². The number of hydrazine groups is 1. The Bertz CT molecular complexity index is 534. The van der Waals surface area contributed by atoms with Crippen molar-refractivity contribution in [2.75, 3.05) is 24.3 Å². The maximum atomic E-state index is 12.8. The number of alkyl halides is 3. The predicted octanol–water partition coefficient (Wildman–Crippen LogP) is 1.42. The van der Waals surface area contributed by atoms with Crippen molar-refractivity contribution in [2.24, 2.45) is 5.84 Å². The van der Waals surface area contributed by atoms with Crippen LogP contribution in [0, 0.1) is 0 Å². The Morgan fingerprint density at radius 2 is 2.05 bits per heavy atom.